The number of hydrogen-bond donors (Lipinski definition) is 1. The summed E-state index contributed by atoms with van der Waals surface area (Å²) in [6.45, 7) is 5.11. The van der Waals surface area contributed by atoms with E-state index in [9.17, 15) is 19.7 Å². The molecule has 1 aliphatic rings. The molecule has 1 aliphatic heterocycles. The lowest BCUT2D eigenvalue weighted by Crippen LogP contribution is -2.41. The molecule has 3 rings (SSSR count). The second-order valence-corrected chi connectivity index (χ2v) is 6.71. The molecule has 0 saturated carbocycles. The van der Waals surface area contributed by atoms with Crippen LogP contribution >= 0.6 is 11.3 Å². The molecule has 126 valence electrons. The van der Waals surface area contributed by atoms with Crippen LogP contribution in [-0.4, -0.2) is 21.8 Å². The number of carbonyl (C=O) groups excluding carboxylic acids is 2. The van der Waals surface area contributed by atoms with Gasteiger partial charge in [-0.1, -0.05) is 11.3 Å². The molecule has 0 spiro atoms. The molecular weight excluding hydrogens is 334 g/mol. The van der Waals surface area contributed by atoms with Crippen molar-refractivity contribution in [1.29, 1.82) is 0 Å². The zero-order chi connectivity index (χ0) is 17.6. The highest BCUT2D eigenvalue weighted by Crippen LogP contribution is 2.34. The summed E-state index contributed by atoms with van der Waals surface area (Å²) in [5.74, 6) is 0.805. The van der Waals surface area contributed by atoms with Gasteiger partial charge < -0.3 is 9.73 Å². The molecule has 1 fully saturated rings. The van der Waals surface area contributed by atoms with Gasteiger partial charge in [-0.2, -0.15) is 0 Å². The Morgan fingerprint density at radius 2 is 2.08 bits per heavy atom. The summed E-state index contributed by atoms with van der Waals surface area (Å²) in [7, 11) is 0. The van der Waals surface area contributed by atoms with E-state index in [0.29, 0.717) is 22.6 Å². The van der Waals surface area contributed by atoms with Crippen LogP contribution in [0.15, 0.2) is 21.9 Å². The number of furan rings is 1. The summed E-state index contributed by atoms with van der Waals surface area (Å²) < 4.78 is 5.46. The zero-order valence-corrected chi connectivity index (χ0v) is 14.1. The molecule has 1 atom stereocenters. The maximum absolute atomic E-state index is 12.8. The fraction of sp³-hybridized carbons (Fsp3) is 0.333. The van der Waals surface area contributed by atoms with Crippen LogP contribution in [0.4, 0.5) is 9.80 Å². The van der Waals surface area contributed by atoms with Gasteiger partial charge in [-0.3, -0.25) is 19.8 Å². The van der Waals surface area contributed by atoms with Gasteiger partial charge in [-0.25, -0.2) is 4.79 Å². The smallest absolute Gasteiger partial charge is 0.325 e. The second-order valence-electron chi connectivity index (χ2n) is 5.82. The molecule has 24 heavy (non-hydrogen) atoms. The van der Waals surface area contributed by atoms with Crippen LogP contribution in [0.25, 0.3) is 0 Å². The number of nitrogens with one attached hydrogen (secondary N) is 1. The molecular formula is C15H15N3O5S. The topological polar surface area (TPSA) is 106 Å². The van der Waals surface area contributed by atoms with E-state index in [4.69, 9.17) is 4.42 Å². The molecule has 0 radical (unpaired) electrons. The lowest BCUT2D eigenvalue weighted by molar-refractivity contribution is -0.380. The molecule has 1 N–H and O–H groups in total. The third kappa shape index (κ3) is 2.46. The van der Waals surface area contributed by atoms with E-state index in [1.165, 1.54) is 6.07 Å². The SMILES string of the molecule is Cc1cc(C2(C)NC(=O)N(Cc3csc([N+](=O)[O-])c3)C2=O)c(C)o1. The van der Waals surface area contributed by atoms with Crippen molar-refractivity contribution in [2.75, 3.05) is 0 Å². The fourth-order valence-electron chi connectivity index (χ4n) is 2.87. The van der Waals surface area contributed by atoms with Gasteiger partial charge in [0.1, 0.15) is 17.1 Å². The maximum Gasteiger partial charge on any atom is 0.325 e. The highest BCUT2D eigenvalue weighted by Gasteiger charge is 2.50. The highest BCUT2D eigenvalue weighted by atomic mass is 32.1. The lowest BCUT2D eigenvalue weighted by Gasteiger charge is -2.21. The molecule has 8 nitrogen and oxygen atoms in total. The van der Waals surface area contributed by atoms with Gasteiger partial charge in [0.05, 0.1) is 11.5 Å². The largest absolute Gasteiger partial charge is 0.466 e. The van der Waals surface area contributed by atoms with Crippen LogP contribution in [0, 0.1) is 24.0 Å². The van der Waals surface area contributed by atoms with Crippen molar-refractivity contribution >= 4 is 28.3 Å². The number of thiophene rings is 1. The molecule has 0 bridgehead atoms. The van der Waals surface area contributed by atoms with E-state index in [2.05, 4.69) is 5.32 Å². The monoisotopic (exact) mass is 349 g/mol. The maximum atomic E-state index is 12.8. The van der Waals surface area contributed by atoms with Crippen molar-refractivity contribution in [3.8, 4) is 0 Å². The summed E-state index contributed by atoms with van der Waals surface area (Å²) >= 11 is 0.962. The standard InChI is InChI=1S/C15H15N3O5S/c1-8-4-11(9(2)23-8)15(3)13(19)17(14(20)16-15)6-10-5-12(18(21)22)24-7-10/h4-5,7H,6H2,1-3H3,(H,16,20). The molecule has 1 saturated heterocycles. The molecule has 1 unspecified atom stereocenters. The first kappa shape index (κ1) is 16.2. The van der Waals surface area contributed by atoms with Crippen molar-refractivity contribution in [1.82, 2.24) is 10.2 Å². The number of nitrogens with zero attached hydrogens (tertiary/aromatic N) is 2. The fourth-order valence-corrected chi connectivity index (χ4v) is 3.59. The number of aryl methyl sites for hydroxylation is 2. The number of carbonyl (C=O) groups is 2. The first-order valence-electron chi connectivity index (χ1n) is 7.16. The molecule has 2 aromatic rings. The minimum atomic E-state index is -1.21. The number of urea groups is 1. The van der Waals surface area contributed by atoms with Crippen LogP contribution in [0.1, 0.15) is 29.6 Å². The van der Waals surface area contributed by atoms with E-state index >= 15 is 0 Å². The quantitative estimate of drug-likeness (QED) is 0.519. The number of nitro groups is 1. The minimum Gasteiger partial charge on any atom is -0.466 e. The third-order valence-electron chi connectivity index (χ3n) is 4.02. The van der Waals surface area contributed by atoms with Crippen molar-refractivity contribution in [3.05, 3.63) is 50.3 Å². The number of imide groups is 1. The van der Waals surface area contributed by atoms with E-state index in [1.807, 2.05) is 0 Å². The highest BCUT2D eigenvalue weighted by molar-refractivity contribution is 7.13. The third-order valence-corrected chi connectivity index (χ3v) is 4.94. The Bertz CT molecular complexity index is 855. The first-order valence-corrected chi connectivity index (χ1v) is 8.04. The van der Waals surface area contributed by atoms with Crippen molar-refractivity contribution in [3.63, 3.8) is 0 Å². The first-order chi connectivity index (χ1) is 11.2. The van der Waals surface area contributed by atoms with Crippen molar-refractivity contribution in [2.24, 2.45) is 0 Å². The molecule has 2 aromatic heterocycles. The summed E-state index contributed by atoms with van der Waals surface area (Å²) in [6.07, 6.45) is 0. The molecule has 3 amide bonds. The summed E-state index contributed by atoms with van der Waals surface area (Å²) in [6, 6.07) is 2.57. The predicted octanol–water partition coefficient (Wildman–Crippen LogP) is 2.83. The van der Waals surface area contributed by atoms with Crippen molar-refractivity contribution < 1.29 is 18.9 Å². The van der Waals surface area contributed by atoms with Crippen LogP contribution in [0.2, 0.25) is 0 Å². The molecule has 0 aromatic carbocycles. The number of hydrogen-bond acceptors (Lipinski definition) is 6. The minimum absolute atomic E-state index is 0.0134. The predicted molar refractivity (Wildman–Crippen MR) is 85.6 cm³/mol. The number of rotatable bonds is 4. The van der Waals surface area contributed by atoms with E-state index in [0.717, 1.165) is 16.2 Å². The van der Waals surface area contributed by atoms with Gasteiger partial charge in [-0.15, -0.1) is 0 Å². The average Bonchev–Trinajstić information content (AvgIpc) is 3.14. The van der Waals surface area contributed by atoms with Crippen LogP contribution in [0.3, 0.4) is 0 Å². The summed E-state index contributed by atoms with van der Waals surface area (Å²) in [5.41, 5.74) is -0.0577. The van der Waals surface area contributed by atoms with Crippen molar-refractivity contribution in [2.45, 2.75) is 32.9 Å². The summed E-state index contributed by atoms with van der Waals surface area (Å²) in [5, 5.41) is 15.0. The van der Waals surface area contributed by atoms with Crippen LogP contribution in [-0.2, 0) is 16.9 Å². The molecule has 3 heterocycles. The number of amides is 3. The van der Waals surface area contributed by atoms with Gasteiger partial charge >= 0.3 is 11.0 Å². The molecule has 9 heteroatoms. The van der Waals surface area contributed by atoms with E-state index in [1.54, 1.807) is 32.2 Å². The Balaban J connectivity index is 1.88. The second kappa shape index (κ2) is 5.45. The summed E-state index contributed by atoms with van der Waals surface area (Å²) in [4.78, 5) is 36.4. The van der Waals surface area contributed by atoms with Crippen LogP contribution < -0.4 is 5.32 Å². The Labute approximate surface area is 141 Å². The van der Waals surface area contributed by atoms with Crippen LogP contribution in [0.5, 0.6) is 0 Å². The van der Waals surface area contributed by atoms with Gasteiger partial charge in [0.2, 0.25) is 0 Å². The average molecular weight is 349 g/mol. The Hall–Kier alpha value is -2.68. The van der Waals surface area contributed by atoms with Gasteiger partial charge in [0.15, 0.2) is 0 Å². The Morgan fingerprint density at radius 3 is 2.62 bits per heavy atom. The van der Waals surface area contributed by atoms with Gasteiger partial charge in [0, 0.05) is 17.0 Å². The zero-order valence-electron chi connectivity index (χ0n) is 13.3. The van der Waals surface area contributed by atoms with Gasteiger partial charge in [0.25, 0.3) is 5.91 Å². The van der Waals surface area contributed by atoms with E-state index in [-0.39, 0.29) is 11.5 Å². The Morgan fingerprint density at radius 1 is 1.38 bits per heavy atom. The lowest BCUT2D eigenvalue weighted by atomic mass is 9.92. The van der Waals surface area contributed by atoms with Gasteiger partial charge in [-0.05, 0) is 32.4 Å². The Kier molecular flexibility index (Phi) is 3.67. The van der Waals surface area contributed by atoms with E-state index < -0.39 is 22.4 Å². The normalized spacial score (nSPS) is 20.5. The molecule has 0 aliphatic carbocycles.